The number of piperidine rings is 1. The van der Waals surface area contributed by atoms with Crippen molar-refractivity contribution in [1.82, 2.24) is 10.2 Å². The normalized spacial score (nSPS) is 15.1. The summed E-state index contributed by atoms with van der Waals surface area (Å²) in [5.41, 5.74) is 2.48. The first-order chi connectivity index (χ1) is 13.7. The highest BCUT2D eigenvalue weighted by molar-refractivity contribution is 6.30. The molecule has 1 N–H and O–H groups in total. The average Bonchev–Trinajstić information content (AvgIpc) is 2.72. The molecule has 0 unspecified atom stereocenters. The number of carbonyl (C=O) groups is 1. The lowest BCUT2D eigenvalue weighted by molar-refractivity contribution is -0.128. The van der Waals surface area contributed by atoms with E-state index < -0.39 is 0 Å². The van der Waals surface area contributed by atoms with E-state index in [2.05, 4.69) is 29.6 Å². The second-order valence-corrected chi connectivity index (χ2v) is 7.54. The van der Waals surface area contributed by atoms with Gasteiger partial charge in [-0.25, -0.2) is 0 Å². The number of likely N-dealkylation sites (tertiary alicyclic amines) is 1. The molecule has 0 aromatic heterocycles. The van der Waals surface area contributed by atoms with Crippen molar-refractivity contribution in [2.45, 2.75) is 25.8 Å². The van der Waals surface area contributed by atoms with E-state index in [1.165, 1.54) is 11.8 Å². The fourth-order valence-corrected chi connectivity index (χ4v) is 3.73. The Morgan fingerprint density at radius 2 is 1.86 bits per heavy atom. The highest BCUT2D eigenvalue weighted by Crippen LogP contribution is 2.22. The van der Waals surface area contributed by atoms with Crippen LogP contribution in [-0.2, 0) is 17.8 Å². The van der Waals surface area contributed by atoms with E-state index >= 15 is 0 Å². The van der Waals surface area contributed by atoms with Gasteiger partial charge in [-0.3, -0.25) is 4.79 Å². The van der Waals surface area contributed by atoms with Crippen molar-refractivity contribution in [3.8, 4) is 6.07 Å². The minimum atomic E-state index is -0.195. The smallest absolute Gasteiger partial charge is 0.265 e. The van der Waals surface area contributed by atoms with Crippen LogP contribution in [0.4, 0.5) is 0 Å². The molecule has 0 saturated carbocycles. The van der Waals surface area contributed by atoms with Crippen LogP contribution in [0.1, 0.15) is 24.0 Å². The van der Waals surface area contributed by atoms with Crippen molar-refractivity contribution in [1.29, 1.82) is 5.26 Å². The number of nitrogens with zero attached hydrogens (tertiary/aromatic N) is 2. The zero-order valence-corrected chi connectivity index (χ0v) is 16.5. The Hall–Kier alpha value is -2.77. The number of rotatable bonds is 6. The number of nitriles is 1. The van der Waals surface area contributed by atoms with Gasteiger partial charge in [0.2, 0.25) is 0 Å². The topological polar surface area (TPSA) is 56.1 Å². The number of hydrogen-bond donors (Lipinski definition) is 1. The molecule has 4 nitrogen and oxygen atoms in total. The molecule has 0 bridgehead atoms. The Kier molecular flexibility index (Phi) is 7.11. The summed E-state index contributed by atoms with van der Waals surface area (Å²) >= 11 is 5.97. The van der Waals surface area contributed by atoms with Crippen molar-refractivity contribution in [3.63, 3.8) is 0 Å². The summed E-state index contributed by atoms with van der Waals surface area (Å²) in [6.45, 7) is 1.91. The number of benzene rings is 2. The van der Waals surface area contributed by atoms with Gasteiger partial charge >= 0.3 is 0 Å². The minimum absolute atomic E-state index is 0.142. The van der Waals surface area contributed by atoms with Gasteiger partial charge in [0.15, 0.2) is 0 Å². The van der Waals surface area contributed by atoms with Crippen molar-refractivity contribution in [2.24, 2.45) is 5.92 Å². The highest BCUT2D eigenvalue weighted by Gasteiger charge is 2.25. The van der Waals surface area contributed by atoms with Crippen molar-refractivity contribution < 1.29 is 4.79 Å². The van der Waals surface area contributed by atoms with Gasteiger partial charge in [-0.05, 0) is 48.4 Å². The Morgan fingerprint density at radius 3 is 2.54 bits per heavy atom. The lowest BCUT2D eigenvalue weighted by atomic mass is 9.90. The van der Waals surface area contributed by atoms with Crippen LogP contribution in [0.25, 0.3) is 0 Å². The molecule has 1 aliphatic rings. The van der Waals surface area contributed by atoms with Crippen molar-refractivity contribution >= 4 is 17.5 Å². The highest BCUT2D eigenvalue weighted by atomic mass is 35.5. The van der Waals surface area contributed by atoms with Gasteiger partial charge in [0.05, 0.1) is 0 Å². The summed E-state index contributed by atoms with van der Waals surface area (Å²) in [5, 5.41) is 13.1. The SMILES string of the molecule is N#C/C(=C/NCc1cccc(Cl)c1)C(=O)N1CCC(Cc2ccccc2)CC1. The fraction of sp³-hybridized carbons (Fsp3) is 0.304. The second-order valence-electron chi connectivity index (χ2n) is 7.11. The van der Waals surface area contributed by atoms with Crippen LogP contribution in [0, 0.1) is 17.2 Å². The van der Waals surface area contributed by atoms with E-state index in [0.717, 1.165) is 24.8 Å². The van der Waals surface area contributed by atoms with Gasteiger partial charge in [0.25, 0.3) is 5.91 Å². The van der Waals surface area contributed by atoms with Gasteiger partial charge in [-0.15, -0.1) is 0 Å². The first-order valence-electron chi connectivity index (χ1n) is 9.57. The van der Waals surface area contributed by atoms with E-state index in [0.29, 0.717) is 30.6 Å². The van der Waals surface area contributed by atoms with Crippen molar-refractivity contribution in [3.05, 3.63) is 82.5 Å². The predicted molar refractivity (Wildman–Crippen MR) is 111 cm³/mol. The van der Waals surface area contributed by atoms with Gasteiger partial charge in [0, 0.05) is 30.9 Å². The molecule has 5 heteroatoms. The fourth-order valence-electron chi connectivity index (χ4n) is 3.52. The molecule has 1 fully saturated rings. The molecule has 1 heterocycles. The molecule has 1 amide bonds. The molecule has 144 valence electrons. The van der Waals surface area contributed by atoms with Crippen LogP contribution in [0.15, 0.2) is 66.4 Å². The molecule has 0 atom stereocenters. The molecule has 3 rings (SSSR count). The monoisotopic (exact) mass is 393 g/mol. The standard InChI is InChI=1S/C23H24ClN3O/c24-22-8-4-7-20(14-22)16-26-17-21(15-25)23(28)27-11-9-19(10-12-27)13-18-5-2-1-3-6-18/h1-8,14,17,19,26H,9-13,16H2/b21-17-. The molecular weight excluding hydrogens is 370 g/mol. The zero-order chi connectivity index (χ0) is 19.8. The third-order valence-corrected chi connectivity index (χ3v) is 5.30. The molecule has 1 saturated heterocycles. The molecular formula is C23H24ClN3O. The van der Waals surface area contributed by atoms with Gasteiger partial charge < -0.3 is 10.2 Å². The third-order valence-electron chi connectivity index (χ3n) is 5.06. The van der Waals surface area contributed by atoms with E-state index in [-0.39, 0.29) is 11.5 Å². The van der Waals surface area contributed by atoms with E-state index in [9.17, 15) is 10.1 Å². The first kappa shape index (κ1) is 20.0. The molecule has 1 aliphatic heterocycles. The summed E-state index contributed by atoms with van der Waals surface area (Å²) in [6.07, 6.45) is 4.49. The second kappa shape index (κ2) is 9.96. The number of nitrogens with one attached hydrogen (secondary N) is 1. The van der Waals surface area contributed by atoms with E-state index in [1.54, 1.807) is 4.90 Å². The number of hydrogen-bond acceptors (Lipinski definition) is 3. The van der Waals surface area contributed by atoms with Crippen LogP contribution in [0.2, 0.25) is 5.02 Å². The Balaban J connectivity index is 1.50. The molecule has 28 heavy (non-hydrogen) atoms. The predicted octanol–water partition coefficient (Wildman–Crippen LogP) is 4.32. The molecule has 0 aliphatic carbocycles. The molecule has 0 radical (unpaired) electrons. The molecule has 2 aromatic rings. The number of carbonyl (C=O) groups excluding carboxylic acids is 1. The van der Waals surface area contributed by atoms with Crippen LogP contribution < -0.4 is 5.32 Å². The molecule has 2 aromatic carbocycles. The summed E-state index contributed by atoms with van der Waals surface area (Å²) in [4.78, 5) is 14.5. The van der Waals surface area contributed by atoms with Crippen LogP contribution in [0.3, 0.4) is 0 Å². The summed E-state index contributed by atoms with van der Waals surface area (Å²) in [7, 11) is 0. The maximum atomic E-state index is 12.7. The summed E-state index contributed by atoms with van der Waals surface area (Å²) < 4.78 is 0. The van der Waals surface area contributed by atoms with Crippen LogP contribution in [0.5, 0.6) is 0 Å². The Morgan fingerprint density at radius 1 is 1.14 bits per heavy atom. The largest absolute Gasteiger partial charge is 0.386 e. The van der Waals surface area contributed by atoms with Gasteiger partial charge in [0.1, 0.15) is 11.6 Å². The van der Waals surface area contributed by atoms with E-state index in [1.807, 2.05) is 36.4 Å². The van der Waals surface area contributed by atoms with Gasteiger partial charge in [-0.2, -0.15) is 5.26 Å². The maximum absolute atomic E-state index is 12.7. The summed E-state index contributed by atoms with van der Waals surface area (Å²) in [6, 6.07) is 20.0. The van der Waals surface area contributed by atoms with Crippen molar-refractivity contribution in [2.75, 3.05) is 13.1 Å². The third kappa shape index (κ3) is 5.61. The molecule has 0 spiro atoms. The quantitative estimate of drug-likeness (QED) is 0.587. The minimum Gasteiger partial charge on any atom is -0.386 e. The number of halogens is 1. The first-order valence-corrected chi connectivity index (χ1v) is 9.95. The summed E-state index contributed by atoms with van der Waals surface area (Å²) in [5.74, 6) is 0.390. The van der Waals surface area contributed by atoms with Crippen LogP contribution >= 0.6 is 11.6 Å². The Bertz CT molecular complexity index is 865. The number of amides is 1. The average molecular weight is 394 g/mol. The van der Waals surface area contributed by atoms with E-state index in [4.69, 9.17) is 11.6 Å². The zero-order valence-electron chi connectivity index (χ0n) is 15.8. The van der Waals surface area contributed by atoms with Crippen LogP contribution in [-0.4, -0.2) is 23.9 Å². The Labute approximate surface area is 171 Å². The van der Waals surface area contributed by atoms with Gasteiger partial charge in [-0.1, -0.05) is 54.1 Å². The lowest BCUT2D eigenvalue weighted by Crippen LogP contribution is -2.39. The maximum Gasteiger partial charge on any atom is 0.265 e. The lowest BCUT2D eigenvalue weighted by Gasteiger charge is -2.32.